The Balaban J connectivity index is 0.00000220. The van der Waals surface area contributed by atoms with Gasteiger partial charge in [-0.15, -0.1) is 12.4 Å². The number of rotatable bonds is 6. The summed E-state index contributed by atoms with van der Waals surface area (Å²) in [4.78, 5) is 12.4. The number of nitrogens with two attached hydrogens (primary N) is 1. The minimum Gasteiger partial charge on any atom is -0.494 e. The maximum atomic E-state index is 12.4. The van der Waals surface area contributed by atoms with Gasteiger partial charge >= 0.3 is 0 Å². The van der Waals surface area contributed by atoms with E-state index >= 15 is 0 Å². The number of hydrogen-bond acceptors (Lipinski definition) is 3. The van der Waals surface area contributed by atoms with Gasteiger partial charge in [-0.3, -0.25) is 4.79 Å². The van der Waals surface area contributed by atoms with Gasteiger partial charge < -0.3 is 15.8 Å². The van der Waals surface area contributed by atoms with Crippen molar-refractivity contribution in [3.8, 4) is 5.75 Å². The van der Waals surface area contributed by atoms with Crippen molar-refractivity contribution in [2.24, 2.45) is 11.1 Å². The minimum atomic E-state index is -0.364. The predicted octanol–water partition coefficient (Wildman–Crippen LogP) is 3.35. The normalized spacial score (nSPS) is 16.1. The van der Waals surface area contributed by atoms with Crippen LogP contribution in [0.5, 0.6) is 5.75 Å². The number of halogens is 1. The van der Waals surface area contributed by atoms with E-state index in [0.717, 1.165) is 43.5 Å². The SMILES string of the molecule is CCCOc1ccc(NC(=O)C2(CN)CCCC2)cc1.Cl. The van der Waals surface area contributed by atoms with Gasteiger partial charge in [0.15, 0.2) is 0 Å². The molecular formula is C16H25ClN2O2. The van der Waals surface area contributed by atoms with Crippen molar-refractivity contribution in [3.05, 3.63) is 24.3 Å². The summed E-state index contributed by atoms with van der Waals surface area (Å²) in [6.45, 7) is 3.21. The van der Waals surface area contributed by atoms with E-state index in [4.69, 9.17) is 10.5 Å². The molecule has 1 fully saturated rings. The van der Waals surface area contributed by atoms with Crippen LogP contribution in [-0.2, 0) is 4.79 Å². The zero-order chi connectivity index (χ0) is 14.4. The molecule has 0 atom stereocenters. The molecule has 0 unspecified atom stereocenters. The van der Waals surface area contributed by atoms with Crippen LogP contribution in [0.25, 0.3) is 0 Å². The van der Waals surface area contributed by atoms with Gasteiger partial charge in [-0.25, -0.2) is 0 Å². The third-order valence-electron chi connectivity index (χ3n) is 4.02. The molecule has 1 aromatic rings. The summed E-state index contributed by atoms with van der Waals surface area (Å²) >= 11 is 0. The number of hydrogen-bond donors (Lipinski definition) is 2. The Morgan fingerprint density at radius 3 is 2.43 bits per heavy atom. The van der Waals surface area contributed by atoms with Crippen molar-refractivity contribution >= 4 is 24.0 Å². The van der Waals surface area contributed by atoms with Crippen molar-refractivity contribution in [3.63, 3.8) is 0 Å². The standard InChI is InChI=1S/C16H24N2O2.ClH/c1-2-11-20-14-7-5-13(6-8-14)18-15(19)16(12-17)9-3-4-10-16;/h5-8H,2-4,9-12,17H2,1H3,(H,18,19);1H. The molecule has 2 rings (SSSR count). The molecule has 4 nitrogen and oxygen atoms in total. The third-order valence-corrected chi connectivity index (χ3v) is 4.02. The van der Waals surface area contributed by atoms with Crippen LogP contribution in [0.4, 0.5) is 5.69 Å². The van der Waals surface area contributed by atoms with Crippen LogP contribution in [0.1, 0.15) is 39.0 Å². The lowest BCUT2D eigenvalue weighted by Gasteiger charge is -2.25. The average molecular weight is 313 g/mol. The molecule has 21 heavy (non-hydrogen) atoms. The summed E-state index contributed by atoms with van der Waals surface area (Å²) in [5.41, 5.74) is 6.26. The second-order valence-corrected chi connectivity index (χ2v) is 5.52. The number of carbonyl (C=O) groups is 1. The molecule has 0 aromatic heterocycles. The number of amides is 1. The fraction of sp³-hybridized carbons (Fsp3) is 0.562. The van der Waals surface area contributed by atoms with Crippen LogP contribution in [-0.4, -0.2) is 19.1 Å². The van der Waals surface area contributed by atoms with Crippen LogP contribution in [0.3, 0.4) is 0 Å². The van der Waals surface area contributed by atoms with Gasteiger partial charge in [0.05, 0.1) is 12.0 Å². The van der Waals surface area contributed by atoms with Gasteiger partial charge in [-0.05, 0) is 43.5 Å². The number of ether oxygens (including phenoxy) is 1. The molecule has 1 aliphatic rings. The molecule has 0 radical (unpaired) electrons. The topological polar surface area (TPSA) is 64.3 Å². The number of nitrogens with one attached hydrogen (secondary N) is 1. The second-order valence-electron chi connectivity index (χ2n) is 5.52. The van der Waals surface area contributed by atoms with E-state index in [1.807, 2.05) is 24.3 Å². The summed E-state index contributed by atoms with van der Waals surface area (Å²) < 4.78 is 5.52. The van der Waals surface area contributed by atoms with E-state index in [1.54, 1.807) is 0 Å². The third kappa shape index (κ3) is 4.35. The lowest BCUT2D eigenvalue weighted by atomic mass is 9.85. The summed E-state index contributed by atoms with van der Waals surface area (Å²) in [5.74, 6) is 0.888. The Bertz CT molecular complexity index is 442. The zero-order valence-electron chi connectivity index (χ0n) is 12.6. The van der Waals surface area contributed by atoms with E-state index in [0.29, 0.717) is 13.2 Å². The van der Waals surface area contributed by atoms with E-state index in [9.17, 15) is 4.79 Å². The molecule has 1 saturated carbocycles. The van der Waals surface area contributed by atoms with E-state index in [1.165, 1.54) is 0 Å². The highest BCUT2D eigenvalue weighted by Crippen LogP contribution is 2.38. The number of anilines is 1. The molecule has 118 valence electrons. The van der Waals surface area contributed by atoms with Gasteiger partial charge in [-0.2, -0.15) is 0 Å². The quantitative estimate of drug-likeness (QED) is 0.846. The fourth-order valence-electron chi connectivity index (χ4n) is 2.69. The lowest BCUT2D eigenvalue weighted by Crippen LogP contribution is -2.40. The summed E-state index contributed by atoms with van der Waals surface area (Å²) in [5, 5.41) is 2.98. The smallest absolute Gasteiger partial charge is 0.231 e. The van der Waals surface area contributed by atoms with Gasteiger partial charge in [-0.1, -0.05) is 19.8 Å². The predicted molar refractivity (Wildman–Crippen MR) is 88.1 cm³/mol. The van der Waals surface area contributed by atoms with Crippen LogP contribution in [0.2, 0.25) is 0 Å². The molecule has 0 aliphatic heterocycles. The van der Waals surface area contributed by atoms with Gasteiger partial charge in [0.2, 0.25) is 5.91 Å². The van der Waals surface area contributed by atoms with Gasteiger partial charge in [0.25, 0.3) is 0 Å². The molecule has 1 amide bonds. The second kappa shape index (κ2) is 8.25. The van der Waals surface area contributed by atoms with E-state index in [2.05, 4.69) is 12.2 Å². The summed E-state index contributed by atoms with van der Waals surface area (Å²) in [6.07, 6.45) is 4.96. The zero-order valence-corrected chi connectivity index (χ0v) is 13.4. The van der Waals surface area contributed by atoms with Crippen LogP contribution < -0.4 is 15.8 Å². The Hall–Kier alpha value is -1.26. The van der Waals surface area contributed by atoms with Crippen molar-refractivity contribution < 1.29 is 9.53 Å². The fourth-order valence-corrected chi connectivity index (χ4v) is 2.69. The summed E-state index contributed by atoms with van der Waals surface area (Å²) in [6, 6.07) is 7.52. The minimum absolute atomic E-state index is 0. The Labute approximate surface area is 132 Å². The first-order valence-corrected chi connectivity index (χ1v) is 7.44. The maximum absolute atomic E-state index is 12.4. The Morgan fingerprint density at radius 1 is 1.29 bits per heavy atom. The van der Waals surface area contributed by atoms with Crippen molar-refractivity contribution in [1.29, 1.82) is 0 Å². The first-order valence-electron chi connectivity index (χ1n) is 7.44. The molecule has 0 spiro atoms. The highest BCUT2D eigenvalue weighted by atomic mass is 35.5. The van der Waals surface area contributed by atoms with Crippen LogP contribution in [0.15, 0.2) is 24.3 Å². The molecule has 0 saturated heterocycles. The highest BCUT2D eigenvalue weighted by molar-refractivity contribution is 5.95. The van der Waals surface area contributed by atoms with Crippen LogP contribution >= 0.6 is 12.4 Å². The van der Waals surface area contributed by atoms with Gasteiger partial charge in [0.1, 0.15) is 5.75 Å². The highest BCUT2D eigenvalue weighted by Gasteiger charge is 2.39. The first kappa shape index (κ1) is 17.8. The van der Waals surface area contributed by atoms with E-state index < -0.39 is 0 Å². The molecule has 3 N–H and O–H groups in total. The van der Waals surface area contributed by atoms with Crippen LogP contribution in [0, 0.1) is 5.41 Å². The van der Waals surface area contributed by atoms with Crippen molar-refractivity contribution in [1.82, 2.24) is 0 Å². The number of carbonyl (C=O) groups excluding carboxylic acids is 1. The molecule has 1 aromatic carbocycles. The molecule has 5 heteroatoms. The largest absolute Gasteiger partial charge is 0.494 e. The Kier molecular flexibility index (Phi) is 6.99. The number of benzene rings is 1. The maximum Gasteiger partial charge on any atom is 0.231 e. The van der Waals surface area contributed by atoms with Gasteiger partial charge in [0, 0.05) is 12.2 Å². The first-order chi connectivity index (χ1) is 9.70. The molecular weight excluding hydrogens is 288 g/mol. The van der Waals surface area contributed by atoms with Crippen molar-refractivity contribution in [2.45, 2.75) is 39.0 Å². The Morgan fingerprint density at radius 2 is 1.90 bits per heavy atom. The molecule has 0 bridgehead atoms. The monoisotopic (exact) mass is 312 g/mol. The lowest BCUT2D eigenvalue weighted by molar-refractivity contribution is -0.124. The molecule has 1 aliphatic carbocycles. The average Bonchev–Trinajstić information content (AvgIpc) is 2.97. The van der Waals surface area contributed by atoms with Crippen molar-refractivity contribution in [2.75, 3.05) is 18.5 Å². The van der Waals surface area contributed by atoms with E-state index in [-0.39, 0.29) is 23.7 Å². The molecule has 0 heterocycles. The summed E-state index contributed by atoms with van der Waals surface area (Å²) in [7, 11) is 0.